The zero-order valence-electron chi connectivity index (χ0n) is 14.2. The lowest BCUT2D eigenvalue weighted by Gasteiger charge is -2.29. The van der Waals surface area contributed by atoms with Crippen LogP contribution in [0.3, 0.4) is 0 Å². The zero-order valence-corrected chi connectivity index (χ0v) is 14.2. The first kappa shape index (κ1) is 16.3. The van der Waals surface area contributed by atoms with Crippen LogP contribution in [-0.4, -0.2) is 43.2 Å². The smallest absolute Gasteiger partial charge is 0.232 e. The second-order valence-electron chi connectivity index (χ2n) is 6.12. The van der Waals surface area contributed by atoms with Crippen LogP contribution in [0.1, 0.15) is 17.9 Å². The van der Waals surface area contributed by atoms with E-state index in [-0.39, 0.29) is 18.4 Å². The Labute approximate surface area is 150 Å². The molecule has 4 heterocycles. The predicted molar refractivity (Wildman–Crippen MR) is 91.1 cm³/mol. The Kier molecular flexibility index (Phi) is 4.63. The minimum absolute atomic E-state index is 0.00217. The van der Waals surface area contributed by atoms with Gasteiger partial charge in [-0.15, -0.1) is 0 Å². The third-order valence-electron chi connectivity index (χ3n) is 4.44. The molecular weight excluding hydrogens is 334 g/mol. The molecule has 1 atom stereocenters. The summed E-state index contributed by atoms with van der Waals surface area (Å²) in [6.07, 6.45) is 9.06. The summed E-state index contributed by atoms with van der Waals surface area (Å²) in [7, 11) is 0. The van der Waals surface area contributed by atoms with Gasteiger partial charge >= 0.3 is 0 Å². The van der Waals surface area contributed by atoms with E-state index >= 15 is 0 Å². The number of rotatable bonds is 5. The van der Waals surface area contributed by atoms with E-state index < -0.39 is 0 Å². The van der Waals surface area contributed by atoms with Crippen molar-refractivity contribution in [3.05, 3.63) is 60.7 Å². The Morgan fingerprint density at radius 3 is 3.08 bits per heavy atom. The van der Waals surface area contributed by atoms with Gasteiger partial charge in [0.15, 0.2) is 0 Å². The van der Waals surface area contributed by atoms with E-state index in [1.54, 1.807) is 37.1 Å². The highest BCUT2D eigenvalue weighted by atomic mass is 16.5. The number of aromatic nitrogens is 4. The molecular formula is C18H19N5O3. The highest BCUT2D eigenvalue weighted by molar-refractivity contribution is 5.78. The maximum atomic E-state index is 12.9. The SMILES string of the molecule is O=C(Cc1ccco1)N1Cc2ccnn2CC[C@H]1COc1cnccn1. The quantitative estimate of drug-likeness (QED) is 0.694. The second-order valence-corrected chi connectivity index (χ2v) is 6.12. The minimum atomic E-state index is -0.0823. The summed E-state index contributed by atoms with van der Waals surface area (Å²) < 4.78 is 13.0. The Bertz CT molecular complexity index is 847. The van der Waals surface area contributed by atoms with E-state index in [0.717, 1.165) is 18.7 Å². The molecule has 0 aromatic carbocycles. The van der Waals surface area contributed by atoms with Gasteiger partial charge in [0.1, 0.15) is 12.4 Å². The van der Waals surface area contributed by atoms with E-state index in [1.807, 2.05) is 21.7 Å². The number of amides is 1. The highest BCUT2D eigenvalue weighted by Gasteiger charge is 2.29. The molecule has 8 nitrogen and oxygen atoms in total. The van der Waals surface area contributed by atoms with Gasteiger partial charge in [0, 0.05) is 25.1 Å². The molecule has 1 aliphatic heterocycles. The lowest BCUT2D eigenvalue weighted by molar-refractivity contribution is -0.134. The summed E-state index contributed by atoms with van der Waals surface area (Å²) in [5.41, 5.74) is 1.01. The summed E-state index contributed by atoms with van der Waals surface area (Å²) in [6.45, 7) is 1.59. The summed E-state index contributed by atoms with van der Waals surface area (Å²) in [5, 5.41) is 4.34. The summed E-state index contributed by atoms with van der Waals surface area (Å²) in [5.74, 6) is 1.11. The molecule has 26 heavy (non-hydrogen) atoms. The Hall–Kier alpha value is -3.16. The largest absolute Gasteiger partial charge is 0.474 e. The maximum absolute atomic E-state index is 12.9. The standard InChI is InChI=1S/C18H19N5O3/c24-18(10-16-2-1-9-25-16)22-12-14-3-5-21-23(14)8-4-15(22)13-26-17-11-19-6-7-20-17/h1-3,5-7,9,11,15H,4,8,10,12-13H2/t15-/m0/s1. The minimum Gasteiger partial charge on any atom is -0.474 e. The van der Waals surface area contributed by atoms with Crippen molar-refractivity contribution in [3.8, 4) is 5.88 Å². The molecule has 0 unspecified atom stereocenters. The lowest BCUT2D eigenvalue weighted by Crippen LogP contribution is -2.43. The van der Waals surface area contributed by atoms with E-state index in [9.17, 15) is 4.79 Å². The van der Waals surface area contributed by atoms with Crippen LogP contribution in [0.5, 0.6) is 5.88 Å². The molecule has 0 saturated carbocycles. The normalized spacial score (nSPS) is 16.8. The number of carbonyl (C=O) groups is 1. The van der Waals surface area contributed by atoms with Gasteiger partial charge in [0.25, 0.3) is 0 Å². The molecule has 0 fully saturated rings. The van der Waals surface area contributed by atoms with Crippen molar-refractivity contribution >= 4 is 5.91 Å². The summed E-state index contributed by atoms with van der Waals surface area (Å²) >= 11 is 0. The van der Waals surface area contributed by atoms with Gasteiger partial charge < -0.3 is 14.1 Å². The number of carbonyl (C=O) groups excluding carboxylic acids is 1. The molecule has 8 heteroatoms. The van der Waals surface area contributed by atoms with Crippen LogP contribution in [0.4, 0.5) is 0 Å². The topological polar surface area (TPSA) is 86.3 Å². The molecule has 0 bridgehead atoms. The molecule has 1 amide bonds. The fourth-order valence-electron chi connectivity index (χ4n) is 3.10. The van der Waals surface area contributed by atoms with E-state index in [2.05, 4.69) is 15.1 Å². The van der Waals surface area contributed by atoms with Crippen molar-refractivity contribution in [1.29, 1.82) is 0 Å². The Morgan fingerprint density at radius 1 is 1.31 bits per heavy atom. The fraction of sp³-hybridized carbons (Fsp3) is 0.333. The van der Waals surface area contributed by atoms with Crippen LogP contribution in [-0.2, 0) is 24.3 Å². The van der Waals surface area contributed by atoms with Crippen LogP contribution < -0.4 is 4.74 Å². The number of hydrogen-bond donors (Lipinski definition) is 0. The molecule has 0 aliphatic carbocycles. The Balaban J connectivity index is 1.51. The first-order chi connectivity index (χ1) is 12.8. The van der Waals surface area contributed by atoms with Gasteiger partial charge in [-0.2, -0.15) is 5.10 Å². The van der Waals surface area contributed by atoms with Crippen molar-refractivity contribution in [2.24, 2.45) is 0 Å². The monoisotopic (exact) mass is 353 g/mol. The number of furan rings is 1. The van der Waals surface area contributed by atoms with Crippen LogP contribution in [0.2, 0.25) is 0 Å². The van der Waals surface area contributed by atoms with E-state index in [0.29, 0.717) is 24.8 Å². The van der Waals surface area contributed by atoms with E-state index in [1.165, 1.54) is 0 Å². The first-order valence-corrected chi connectivity index (χ1v) is 8.51. The van der Waals surface area contributed by atoms with Crippen LogP contribution >= 0.6 is 0 Å². The molecule has 3 aromatic heterocycles. The fourth-order valence-corrected chi connectivity index (χ4v) is 3.10. The van der Waals surface area contributed by atoms with Crippen LogP contribution in [0.15, 0.2) is 53.7 Å². The third-order valence-corrected chi connectivity index (χ3v) is 4.44. The summed E-state index contributed by atoms with van der Waals surface area (Å²) in [4.78, 5) is 22.9. The zero-order chi connectivity index (χ0) is 17.8. The number of ether oxygens (including phenoxy) is 1. The average molecular weight is 353 g/mol. The molecule has 0 saturated heterocycles. The molecule has 3 aromatic rings. The lowest BCUT2D eigenvalue weighted by atomic mass is 10.1. The first-order valence-electron chi connectivity index (χ1n) is 8.51. The summed E-state index contributed by atoms with van der Waals surface area (Å²) in [6, 6.07) is 5.46. The number of fused-ring (bicyclic) bond motifs is 1. The van der Waals surface area contributed by atoms with Crippen molar-refractivity contribution in [1.82, 2.24) is 24.6 Å². The Morgan fingerprint density at radius 2 is 2.27 bits per heavy atom. The van der Waals surface area contributed by atoms with Gasteiger partial charge in [-0.3, -0.25) is 14.5 Å². The third kappa shape index (κ3) is 3.58. The number of hydrogen-bond acceptors (Lipinski definition) is 6. The second kappa shape index (κ2) is 7.38. The molecule has 134 valence electrons. The molecule has 1 aliphatic rings. The van der Waals surface area contributed by atoms with Crippen LogP contribution in [0.25, 0.3) is 0 Å². The highest BCUT2D eigenvalue weighted by Crippen LogP contribution is 2.20. The van der Waals surface area contributed by atoms with Gasteiger partial charge in [-0.05, 0) is 24.6 Å². The van der Waals surface area contributed by atoms with Crippen molar-refractivity contribution in [2.75, 3.05) is 6.61 Å². The molecule has 0 spiro atoms. The van der Waals surface area contributed by atoms with Crippen molar-refractivity contribution in [3.63, 3.8) is 0 Å². The number of aryl methyl sites for hydroxylation is 1. The molecule has 0 N–H and O–H groups in total. The van der Waals surface area contributed by atoms with Crippen LogP contribution in [0, 0.1) is 0 Å². The van der Waals surface area contributed by atoms with Gasteiger partial charge in [-0.25, -0.2) is 4.98 Å². The van der Waals surface area contributed by atoms with Crippen molar-refractivity contribution in [2.45, 2.75) is 32.0 Å². The van der Waals surface area contributed by atoms with Gasteiger partial charge in [-0.1, -0.05) is 0 Å². The van der Waals surface area contributed by atoms with Gasteiger partial charge in [0.2, 0.25) is 11.8 Å². The maximum Gasteiger partial charge on any atom is 0.232 e. The van der Waals surface area contributed by atoms with Gasteiger partial charge in [0.05, 0.1) is 37.2 Å². The van der Waals surface area contributed by atoms with E-state index in [4.69, 9.17) is 9.15 Å². The average Bonchev–Trinajstić information content (AvgIpc) is 3.30. The predicted octanol–water partition coefficient (Wildman–Crippen LogP) is 1.69. The molecule has 0 radical (unpaired) electrons. The number of nitrogens with zero attached hydrogens (tertiary/aromatic N) is 5. The molecule has 4 rings (SSSR count). The van der Waals surface area contributed by atoms with Crippen molar-refractivity contribution < 1.29 is 13.9 Å².